The van der Waals surface area contributed by atoms with Gasteiger partial charge in [0.2, 0.25) is 0 Å². The zero-order valence-corrected chi connectivity index (χ0v) is 22.6. The molecular weight excluding hydrogens is 575 g/mol. The van der Waals surface area contributed by atoms with Gasteiger partial charge in [0.25, 0.3) is 11.8 Å². The Morgan fingerprint density at radius 2 is 2.11 bits per heavy atom. The maximum atomic E-state index is 13.0. The number of thiazole rings is 1. The number of guanidine groups is 1. The molecule has 0 saturated carbocycles. The molecule has 2 aromatic rings. The van der Waals surface area contributed by atoms with Gasteiger partial charge in [0.15, 0.2) is 16.8 Å². The molecule has 2 atom stereocenters. The fourth-order valence-corrected chi connectivity index (χ4v) is 7.57. The SMILES string of the molecule is NC(N)=NCCSc1cnccc1SC1=C(C(=O)O)N2C(=O)[C@@H](NC(=O)/C(=N\O)c3csc(N)n3)[C@H]2SC1. The van der Waals surface area contributed by atoms with Gasteiger partial charge in [-0.25, -0.2) is 9.78 Å². The second kappa shape index (κ2) is 11.9. The molecule has 0 unspecified atom stereocenters. The standard InChI is InChI=1S/C20H21N9O5S4/c21-19(22)25-3-4-35-10-5-24-2-1-9(10)38-11-7-36-17-13(16(31)29(17)14(11)18(32)33)27-15(30)12(28-34)8-6-37-20(23)26-8/h1-2,5-6,13,17,34H,3-4,7H2,(H2,23,26)(H,27,30)(H,32,33)(H4,21,22,25)/b28-12-/t13-,17-/m1/s1. The third-order valence-electron chi connectivity index (χ3n) is 5.13. The topological polar surface area (TPSA) is 236 Å². The number of pyridine rings is 1. The molecule has 0 bridgehead atoms. The molecule has 0 aliphatic carbocycles. The Hall–Kier alpha value is -3.48. The number of thioether (sulfide) groups is 3. The number of carboxylic acid groups (broad SMARTS) is 1. The molecule has 2 amide bonds. The van der Waals surface area contributed by atoms with Crippen molar-refractivity contribution >= 4 is 81.2 Å². The van der Waals surface area contributed by atoms with Gasteiger partial charge in [-0.15, -0.1) is 34.9 Å². The Balaban J connectivity index is 1.49. The summed E-state index contributed by atoms with van der Waals surface area (Å²) in [5.74, 6) is -1.83. The molecule has 0 spiro atoms. The number of hydrogen-bond acceptors (Lipinski definition) is 13. The fourth-order valence-electron chi connectivity index (χ4n) is 3.51. The van der Waals surface area contributed by atoms with Gasteiger partial charge < -0.3 is 32.8 Å². The van der Waals surface area contributed by atoms with Crippen molar-refractivity contribution < 1.29 is 24.7 Å². The summed E-state index contributed by atoms with van der Waals surface area (Å²) in [6.45, 7) is 0.403. The Morgan fingerprint density at radius 3 is 2.76 bits per heavy atom. The summed E-state index contributed by atoms with van der Waals surface area (Å²) in [7, 11) is 0. The van der Waals surface area contributed by atoms with E-state index in [1.54, 1.807) is 18.5 Å². The first-order chi connectivity index (χ1) is 18.2. The van der Waals surface area contributed by atoms with Crippen LogP contribution in [0.4, 0.5) is 5.13 Å². The Labute approximate surface area is 232 Å². The van der Waals surface area contributed by atoms with Crippen molar-refractivity contribution in [3.63, 3.8) is 0 Å². The number of amides is 2. The maximum absolute atomic E-state index is 13.0. The van der Waals surface area contributed by atoms with Gasteiger partial charge in [-0.1, -0.05) is 16.9 Å². The van der Waals surface area contributed by atoms with Crippen molar-refractivity contribution in [1.29, 1.82) is 0 Å². The molecule has 2 aliphatic rings. The lowest BCUT2D eigenvalue weighted by Gasteiger charge is -2.49. The summed E-state index contributed by atoms with van der Waals surface area (Å²) >= 11 is 5.07. The van der Waals surface area contributed by atoms with Crippen LogP contribution in [0, 0.1) is 0 Å². The number of oxime groups is 1. The van der Waals surface area contributed by atoms with Crippen LogP contribution in [0.2, 0.25) is 0 Å². The number of carbonyl (C=O) groups excluding carboxylic acids is 2. The van der Waals surface area contributed by atoms with Crippen LogP contribution >= 0.6 is 46.6 Å². The van der Waals surface area contributed by atoms with E-state index < -0.39 is 34.9 Å². The minimum Gasteiger partial charge on any atom is -0.477 e. The van der Waals surface area contributed by atoms with E-state index in [2.05, 4.69) is 25.4 Å². The fraction of sp³-hybridized carbons (Fsp3) is 0.250. The molecular formula is C20H21N9O5S4. The average molecular weight is 596 g/mol. The Kier molecular flexibility index (Phi) is 8.65. The zero-order chi connectivity index (χ0) is 27.4. The highest BCUT2D eigenvalue weighted by Crippen LogP contribution is 2.46. The number of aromatic nitrogens is 2. The van der Waals surface area contributed by atoms with Crippen molar-refractivity contribution in [3.05, 3.63) is 40.1 Å². The largest absolute Gasteiger partial charge is 0.477 e. The molecule has 14 nitrogen and oxygen atoms in total. The lowest BCUT2D eigenvalue weighted by atomic mass is 10.0. The number of nitrogens with one attached hydrogen (secondary N) is 1. The smallest absolute Gasteiger partial charge is 0.353 e. The van der Waals surface area contributed by atoms with Gasteiger partial charge in [0, 0.05) is 44.0 Å². The predicted octanol–water partition coefficient (Wildman–Crippen LogP) is 0.153. The summed E-state index contributed by atoms with van der Waals surface area (Å²) in [4.78, 5) is 53.1. The maximum Gasteiger partial charge on any atom is 0.353 e. The molecule has 38 heavy (non-hydrogen) atoms. The summed E-state index contributed by atoms with van der Waals surface area (Å²) in [6, 6.07) is 0.752. The number of carboxylic acids is 1. The normalized spacial score (nSPS) is 19.0. The van der Waals surface area contributed by atoms with Crippen molar-refractivity contribution in [2.75, 3.05) is 23.8 Å². The molecule has 0 radical (unpaired) electrons. The van der Waals surface area contributed by atoms with E-state index in [-0.39, 0.29) is 28.2 Å². The van der Waals surface area contributed by atoms with Crippen LogP contribution < -0.4 is 22.5 Å². The number of anilines is 1. The van der Waals surface area contributed by atoms with Crippen molar-refractivity contribution in [2.24, 2.45) is 21.6 Å². The second-order valence-electron chi connectivity index (χ2n) is 7.54. The van der Waals surface area contributed by atoms with Crippen LogP contribution in [0.3, 0.4) is 0 Å². The number of nitrogens with two attached hydrogens (primary N) is 3. The minimum atomic E-state index is -1.26. The molecule has 4 heterocycles. The molecule has 1 fully saturated rings. The van der Waals surface area contributed by atoms with Crippen LogP contribution in [0.1, 0.15) is 5.69 Å². The van der Waals surface area contributed by atoms with Gasteiger partial charge in [0.1, 0.15) is 22.8 Å². The van der Waals surface area contributed by atoms with E-state index in [1.165, 1.54) is 40.7 Å². The lowest BCUT2D eigenvalue weighted by molar-refractivity contribution is -0.150. The van der Waals surface area contributed by atoms with Crippen molar-refractivity contribution in [1.82, 2.24) is 20.2 Å². The summed E-state index contributed by atoms with van der Waals surface area (Å²) < 4.78 is 0. The van der Waals surface area contributed by atoms with Crippen LogP contribution in [-0.4, -0.2) is 84.1 Å². The van der Waals surface area contributed by atoms with Gasteiger partial charge >= 0.3 is 5.97 Å². The highest BCUT2D eigenvalue weighted by atomic mass is 32.2. The van der Waals surface area contributed by atoms with E-state index in [0.29, 0.717) is 17.2 Å². The average Bonchev–Trinajstić information content (AvgIpc) is 3.31. The number of rotatable bonds is 10. The number of fused-ring (bicyclic) bond motifs is 1. The zero-order valence-electron chi connectivity index (χ0n) is 19.3. The van der Waals surface area contributed by atoms with Gasteiger partial charge in [0.05, 0.1) is 6.54 Å². The van der Waals surface area contributed by atoms with E-state index in [9.17, 15) is 24.7 Å². The number of aliphatic imine (C=N–C) groups is 1. The van der Waals surface area contributed by atoms with E-state index in [0.717, 1.165) is 26.0 Å². The molecule has 200 valence electrons. The molecule has 2 aromatic heterocycles. The number of β-lactam (4-membered cyclic amide) rings is 1. The van der Waals surface area contributed by atoms with Crippen LogP contribution in [0.5, 0.6) is 0 Å². The quantitative estimate of drug-likeness (QED) is 0.0409. The third kappa shape index (κ3) is 5.82. The second-order valence-corrected chi connectivity index (χ2v) is 11.8. The number of nitrogen functional groups attached to an aromatic ring is 1. The third-order valence-corrected chi connectivity index (χ3v) is 9.57. The molecule has 0 aromatic carbocycles. The number of aliphatic carboxylic acids is 1. The number of hydrogen-bond donors (Lipinski definition) is 6. The van der Waals surface area contributed by atoms with Gasteiger partial charge in [-0.05, 0) is 6.07 Å². The first-order valence-corrected chi connectivity index (χ1v) is 14.4. The van der Waals surface area contributed by atoms with E-state index >= 15 is 0 Å². The molecule has 2 aliphatic heterocycles. The van der Waals surface area contributed by atoms with Crippen LogP contribution in [-0.2, 0) is 14.4 Å². The molecule has 18 heteroatoms. The predicted molar refractivity (Wildman–Crippen MR) is 146 cm³/mol. The van der Waals surface area contributed by atoms with Crippen LogP contribution in [0.25, 0.3) is 0 Å². The lowest BCUT2D eigenvalue weighted by Crippen LogP contribution is -2.71. The van der Waals surface area contributed by atoms with Gasteiger partial charge in [-0.2, -0.15) is 0 Å². The summed E-state index contributed by atoms with van der Waals surface area (Å²) in [5.41, 5.74) is 15.8. The Bertz CT molecular complexity index is 1360. The first-order valence-electron chi connectivity index (χ1n) is 10.7. The first kappa shape index (κ1) is 27.6. The van der Waals surface area contributed by atoms with Crippen molar-refractivity contribution in [3.8, 4) is 0 Å². The molecule has 9 N–H and O–H groups in total. The summed E-state index contributed by atoms with van der Waals surface area (Å²) in [5, 5.41) is 25.8. The molecule has 1 saturated heterocycles. The van der Waals surface area contributed by atoms with E-state index in [1.807, 2.05) is 0 Å². The number of nitrogens with zero attached hydrogens (tertiary/aromatic N) is 5. The number of carbonyl (C=O) groups is 3. The van der Waals surface area contributed by atoms with Crippen LogP contribution in [0.15, 0.2) is 54.4 Å². The van der Waals surface area contributed by atoms with E-state index in [4.69, 9.17) is 17.2 Å². The van der Waals surface area contributed by atoms with Gasteiger partial charge in [-0.3, -0.25) is 24.5 Å². The van der Waals surface area contributed by atoms with Crippen molar-refractivity contribution in [2.45, 2.75) is 21.2 Å². The summed E-state index contributed by atoms with van der Waals surface area (Å²) in [6.07, 6.45) is 3.26. The monoisotopic (exact) mass is 595 g/mol. The minimum absolute atomic E-state index is 0.00201. The highest BCUT2D eigenvalue weighted by Gasteiger charge is 2.54. The Morgan fingerprint density at radius 1 is 1.32 bits per heavy atom. The molecule has 4 rings (SSSR count). The highest BCUT2D eigenvalue weighted by molar-refractivity contribution is 8.07.